The summed E-state index contributed by atoms with van der Waals surface area (Å²) in [6.07, 6.45) is 2.24. The SMILES string of the molecule is O=C(CCNS(=O)(=O)CCO)N1CCCC1. The third-order valence-corrected chi connectivity index (χ3v) is 3.84. The maximum absolute atomic E-state index is 11.5. The third-order valence-electron chi connectivity index (χ3n) is 2.48. The summed E-state index contributed by atoms with van der Waals surface area (Å²) in [5.41, 5.74) is 0. The molecule has 0 aromatic heterocycles. The summed E-state index contributed by atoms with van der Waals surface area (Å²) >= 11 is 0. The Hall–Kier alpha value is -0.660. The van der Waals surface area contributed by atoms with Crippen LogP contribution in [0.1, 0.15) is 19.3 Å². The van der Waals surface area contributed by atoms with Gasteiger partial charge in [-0.05, 0) is 12.8 Å². The van der Waals surface area contributed by atoms with Gasteiger partial charge in [0, 0.05) is 26.1 Å². The van der Waals surface area contributed by atoms with Crippen LogP contribution in [-0.2, 0) is 14.8 Å². The molecular weight excluding hydrogens is 232 g/mol. The number of aliphatic hydroxyl groups is 1. The Balaban J connectivity index is 2.22. The average molecular weight is 250 g/mol. The van der Waals surface area contributed by atoms with E-state index in [0.717, 1.165) is 25.9 Å². The number of hydrogen-bond donors (Lipinski definition) is 2. The quantitative estimate of drug-likeness (QED) is 0.627. The molecule has 16 heavy (non-hydrogen) atoms. The topological polar surface area (TPSA) is 86.7 Å². The third kappa shape index (κ3) is 4.46. The van der Waals surface area contributed by atoms with Crippen molar-refractivity contribution < 1.29 is 18.3 Å². The molecule has 1 rings (SSSR count). The summed E-state index contributed by atoms with van der Waals surface area (Å²) in [6.45, 7) is 1.26. The lowest BCUT2D eigenvalue weighted by Crippen LogP contribution is -2.34. The van der Waals surface area contributed by atoms with Gasteiger partial charge in [0.05, 0.1) is 12.4 Å². The van der Waals surface area contributed by atoms with Crippen LogP contribution in [0, 0.1) is 0 Å². The molecule has 0 atom stereocenters. The molecule has 0 aliphatic carbocycles. The molecule has 7 heteroatoms. The number of amides is 1. The average Bonchev–Trinajstić information content (AvgIpc) is 2.69. The van der Waals surface area contributed by atoms with Crippen molar-refractivity contribution in [2.45, 2.75) is 19.3 Å². The molecule has 0 radical (unpaired) electrons. The van der Waals surface area contributed by atoms with Crippen molar-refractivity contribution in [3.05, 3.63) is 0 Å². The molecule has 0 aromatic carbocycles. The predicted octanol–water partition coefficient (Wildman–Crippen LogP) is -1.09. The van der Waals surface area contributed by atoms with Crippen molar-refractivity contribution in [3.8, 4) is 0 Å². The molecule has 6 nitrogen and oxygen atoms in total. The molecule has 0 aromatic rings. The minimum Gasteiger partial charge on any atom is -0.395 e. The number of rotatable bonds is 6. The van der Waals surface area contributed by atoms with Crippen molar-refractivity contribution in [2.75, 3.05) is 32.0 Å². The van der Waals surface area contributed by atoms with E-state index in [1.165, 1.54) is 0 Å². The molecule has 1 aliphatic heterocycles. The van der Waals surface area contributed by atoms with E-state index < -0.39 is 16.6 Å². The zero-order chi connectivity index (χ0) is 12.0. The highest BCUT2D eigenvalue weighted by molar-refractivity contribution is 7.89. The van der Waals surface area contributed by atoms with Crippen LogP contribution in [-0.4, -0.2) is 56.3 Å². The fourth-order valence-corrected chi connectivity index (χ4v) is 2.43. The van der Waals surface area contributed by atoms with Crippen molar-refractivity contribution >= 4 is 15.9 Å². The molecule has 0 spiro atoms. The normalized spacial score (nSPS) is 16.7. The maximum Gasteiger partial charge on any atom is 0.223 e. The first-order valence-electron chi connectivity index (χ1n) is 5.41. The summed E-state index contributed by atoms with van der Waals surface area (Å²) in [5, 5.41) is 8.49. The van der Waals surface area contributed by atoms with Gasteiger partial charge in [0.1, 0.15) is 0 Å². The highest BCUT2D eigenvalue weighted by Gasteiger charge is 2.18. The van der Waals surface area contributed by atoms with E-state index in [9.17, 15) is 13.2 Å². The van der Waals surface area contributed by atoms with Gasteiger partial charge in [-0.1, -0.05) is 0 Å². The van der Waals surface area contributed by atoms with Gasteiger partial charge in [0.15, 0.2) is 0 Å². The molecule has 1 saturated heterocycles. The zero-order valence-corrected chi connectivity index (χ0v) is 10.0. The molecule has 1 fully saturated rings. The Morgan fingerprint density at radius 2 is 1.94 bits per heavy atom. The Morgan fingerprint density at radius 3 is 2.50 bits per heavy atom. The van der Waals surface area contributed by atoms with Gasteiger partial charge >= 0.3 is 0 Å². The van der Waals surface area contributed by atoms with E-state index in [1.807, 2.05) is 0 Å². The van der Waals surface area contributed by atoms with Crippen LogP contribution < -0.4 is 4.72 Å². The second-order valence-electron chi connectivity index (χ2n) is 3.77. The van der Waals surface area contributed by atoms with Crippen molar-refractivity contribution in [3.63, 3.8) is 0 Å². The standard InChI is InChI=1S/C9H18N2O4S/c12-7-8-16(14,15)10-4-3-9(13)11-5-1-2-6-11/h10,12H,1-8H2. The lowest BCUT2D eigenvalue weighted by molar-refractivity contribution is -0.129. The van der Waals surface area contributed by atoms with Gasteiger partial charge in [-0.3, -0.25) is 4.79 Å². The molecule has 2 N–H and O–H groups in total. The number of likely N-dealkylation sites (tertiary alicyclic amines) is 1. The van der Waals surface area contributed by atoms with Crippen LogP contribution in [0.3, 0.4) is 0 Å². The van der Waals surface area contributed by atoms with Gasteiger partial charge < -0.3 is 10.0 Å². The second-order valence-corrected chi connectivity index (χ2v) is 5.70. The number of carbonyl (C=O) groups is 1. The molecule has 1 amide bonds. The number of carbonyl (C=O) groups excluding carboxylic acids is 1. The number of sulfonamides is 1. The van der Waals surface area contributed by atoms with Crippen molar-refractivity contribution in [1.82, 2.24) is 9.62 Å². The largest absolute Gasteiger partial charge is 0.395 e. The molecular formula is C9H18N2O4S. The Kier molecular flexibility index (Phi) is 5.17. The van der Waals surface area contributed by atoms with Gasteiger partial charge in [0.2, 0.25) is 15.9 Å². The highest BCUT2D eigenvalue weighted by Crippen LogP contribution is 2.08. The molecule has 1 heterocycles. The Labute approximate surface area is 95.7 Å². The van der Waals surface area contributed by atoms with E-state index in [0.29, 0.717) is 0 Å². The molecule has 0 saturated carbocycles. The fourth-order valence-electron chi connectivity index (χ4n) is 1.63. The van der Waals surface area contributed by atoms with Crippen LogP contribution >= 0.6 is 0 Å². The number of hydrogen-bond acceptors (Lipinski definition) is 4. The summed E-state index contributed by atoms with van der Waals surface area (Å²) in [5.74, 6) is -0.325. The molecule has 1 aliphatic rings. The lowest BCUT2D eigenvalue weighted by Gasteiger charge is -2.15. The Morgan fingerprint density at radius 1 is 1.31 bits per heavy atom. The summed E-state index contributed by atoms with van der Waals surface area (Å²) < 4.78 is 24.6. The summed E-state index contributed by atoms with van der Waals surface area (Å²) in [6, 6.07) is 0. The monoisotopic (exact) mass is 250 g/mol. The minimum absolute atomic E-state index is 0.0100. The minimum atomic E-state index is -3.42. The van der Waals surface area contributed by atoms with Gasteiger partial charge in [-0.25, -0.2) is 13.1 Å². The fraction of sp³-hybridized carbons (Fsp3) is 0.889. The second kappa shape index (κ2) is 6.17. The zero-order valence-electron chi connectivity index (χ0n) is 9.18. The molecule has 0 unspecified atom stereocenters. The van der Waals surface area contributed by atoms with Crippen LogP contribution in [0.25, 0.3) is 0 Å². The van der Waals surface area contributed by atoms with E-state index in [2.05, 4.69) is 4.72 Å². The van der Waals surface area contributed by atoms with E-state index in [-0.39, 0.29) is 24.6 Å². The van der Waals surface area contributed by atoms with E-state index in [4.69, 9.17) is 5.11 Å². The maximum atomic E-state index is 11.5. The number of nitrogens with zero attached hydrogens (tertiary/aromatic N) is 1. The lowest BCUT2D eigenvalue weighted by atomic mass is 10.4. The van der Waals surface area contributed by atoms with Crippen molar-refractivity contribution in [1.29, 1.82) is 0 Å². The summed E-state index contributed by atoms with van der Waals surface area (Å²) in [4.78, 5) is 13.3. The van der Waals surface area contributed by atoms with E-state index >= 15 is 0 Å². The Bertz CT molecular complexity index is 322. The summed E-state index contributed by atoms with van der Waals surface area (Å²) in [7, 11) is -3.42. The van der Waals surface area contributed by atoms with Gasteiger partial charge in [0.25, 0.3) is 0 Å². The van der Waals surface area contributed by atoms with Crippen LogP contribution in [0.4, 0.5) is 0 Å². The van der Waals surface area contributed by atoms with Crippen molar-refractivity contribution in [2.24, 2.45) is 0 Å². The van der Waals surface area contributed by atoms with Gasteiger partial charge in [-0.15, -0.1) is 0 Å². The van der Waals surface area contributed by atoms with Crippen LogP contribution in [0.5, 0.6) is 0 Å². The van der Waals surface area contributed by atoms with Gasteiger partial charge in [-0.2, -0.15) is 0 Å². The number of aliphatic hydroxyl groups excluding tert-OH is 1. The first-order chi connectivity index (χ1) is 7.55. The first kappa shape index (κ1) is 13.4. The predicted molar refractivity (Wildman–Crippen MR) is 59.3 cm³/mol. The van der Waals surface area contributed by atoms with E-state index in [1.54, 1.807) is 4.90 Å². The van der Waals surface area contributed by atoms with Crippen LogP contribution in [0.2, 0.25) is 0 Å². The first-order valence-corrected chi connectivity index (χ1v) is 7.06. The smallest absolute Gasteiger partial charge is 0.223 e. The molecule has 0 bridgehead atoms. The number of nitrogens with one attached hydrogen (secondary N) is 1. The molecule has 94 valence electrons. The highest BCUT2D eigenvalue weighted by atomic mass is 32.2. The van der Waals surface area contributed by atoms with Crippen LogP contribution in [0.15, 0.2) is 0 Å².